The molecule has 0 saturated carbocycles. The van der Waals surface area contributed by atoms with Crippen molar-refractivity contribution in [2.45, 2.75) is 19.6 Å². The maximum Gasteiger partial charge on any atom is 0.328 e. The van der Waals surface area contributed by atoms with Crippen molar-refractivity contribution in [2.24, 2.45) is 0 Å². The standard InChI is InChI=1S/C22H21N3O5/c1-15(23-19(26)13-10-16-8-11-18(28-2)12-9-16)22(27)29-14-20-24-25-21(30-20)17-6-4-3-5-7-17/h3-13,15H,14H2,1-2H3,(H,23,26). The molecule has 2 aromatic carbocycles. The van der Waals surface area contributed by atoms with E-state index in [1.807, 2.05) is 42.5 Å². The molecule has 8 heteroatoms. The molecule has 1 atom stereocenters. The van der Waals surface area contributed by atoms with Crippen LogP contribution in [-0.4, -0.2) is 35.2 Å². The highest BCUT2D eigenvalue weighted by atomic mass is 16.5. The second-order valence-electron chi connectivity index (χ2n) is 6.31. The highest BCUT2D eigenvalue weighted by Crippen LogP contribution is 2.17. The zero-order chi connectivity index (χ0) is 21.3. The topological polar surface area (TPSA) is 104 Å². The van der Waals surface area contributed by atoms with Gasteiger partial charge in [-0.05, 0) is 42.8 Å². The van der Waals surface area contributed by atoms with Crippen molar-refractivity contribution < 1.29 is 23.5 Å². The number of esters is 1. The van der Waals surface area contributed by atoms with Gasteiger partial charge in [-0.25, -0.2) is 4.79 Å². The van der Waals surface area contributed by atoms with E-state index in [-0.39, 0.29) is 12.5 Å². The lowest BCUT2D eigenvalue weighted by atomic mass is 10.2. The van der Waals surface area contributed by atoms with Crippen LogP contribution in [0.15, 0.2) is 65.1 Å². The van der Waals surface area contributed by atoms with Crippen LogP contribution in [0.2, 0.25) is 0 Å². The van der Waals surface area contributed by atoms with Gasteiger partial charge in [-0.1, -0.05) is 30.3 Å². The van der Waals surface area contributed by atoms with Crippen molar-refractivity contribution in [1.82, 2.24) is 15.5 Å². The third-order valence-corrected chi connectivity index (χ3v) is 4.08. The second-order valence-corrected chi connectivity index (χ2v) is 6.31. The SMILES string of the molecule is COc1ccc(C=CC(=O)NC(C)C(=O)OCc2nnc(-c3ccccc3)o2)cc1. The summed E-state index contributed by atoms with van der Waals surface area (Å²) >= 11 is 0. The fourth-order valence-electron chi connectivity index (χ4n) is 2.47. The predicted octanol–water partition coefficient (Wildman–Crippen LogP) is 3.01. The summed E-state index contributed by atoms with van der Waals surface area (Å²) in [5, 5.41) is 10.3. The Morgan fingerprint density at radius 3 is 2.53 bits per heavy atom. The third-order valence-electron chi connectivity index (χ3n) is 4.08. The summed E-state index contributed by atoms with van der Waals surface area (Å²) in [6, 6.07) is 15.6. The molecule has 0 saturated heterocycles. The fraction of sp³-hybridized carbons (Fsp3) is 0.182. The molecule has 1 N–H and O–H groups in total. The van der Waals surface area contributed by atoms with Gasteiger partial charge in [-0.3, -0.25) is 4.79 Å². The highest BCUT2D eigenvalue weighted by molar-refractivity contribution is 5.94. The fourth-order valence-corrected chi connectivity index (χ4v) is 2.47. The van der Waals surface area contributed by atoms with Crippen molar-refractivity contribution in [3.05, 3.63) is 72.1 Å². The molecule has 1 unspecified atom stereocenters. The number of nitrogens with one attached hydrogen (secondary N) is 1. The number of rotatable bonds is 8. The van der Waals surface area contributed by atoms with Crippen LogP contribution in [0.1, 0.15) is 18.4 Å². The number of carbonyl (C=O) groups excluding carboxylic acids is 2. The van der Waals surface area contributed by atoms with Gasteiger partial charge in [0, 0.05) is 11.6 Å². The Bertz CT molecular complexity index is 1010. The smallest absolute Gasteiger partial charge is 0.328 e. The first-order valence-corrected chi connectivity index (χ1v) is 9.22. The molecule has 0 aliphatic heterocycles. The number of ether oxygens (including phenoxy) is 2. The number of aromatic nitrogens is 2. The Hall–Kier alpha value is -3.94. The van der Waals surface area contributed by atoms with E-state index in [0.717, 1.165) is 16.9 Å². The predicted molar refractivity (Wildman–Crippen MR) is 109 cm³/mol. The molecule has 0 aliphatic carbocycles. The third kappa shape index (κ3) is 5.78. The molecule has 0 aliphatic rings. The average molecular weight is 407 g/mol. The van der Waals surface area contributed by atoms with Crippen molar-refractivity contribution in [3.63, 3.8) is 0 Å². The lowest BCUT2D eigenvalue weighted by Crippen LogP contribution is -2.38. The molecule has 1 amide bonds. The molecule has 0 spiro atoms. The number of benzene rings is 2. The van der Waals surface area contributed by atoms with E-state index in [1.165, 1.54) is 13.0 Å². The molecule has 154 valence electrons. The van der Waals surface area contributed by atoms with E-state index in [0.29, 0.717) is 5.89 Å². The largest absolute Gasteiger partial charge is 0.497 e. The van der Waals surface area contributed by atoms with Crippen LogP contribution in [0.25, 0.3) is 17.5 Å². The summed E-state index contributed by atoms with van der Waals surface area (Å²) in [4.78, 5) is 24.1. The zero-order valence-corrected chi connectivity index (χ0v) is 16.6. The van der Waals surface area contributed by atoms with Gasteiger partial charge in [0.1, 0.15) is 11.8 Å². The van der Waals surface area contributed by atoms with Gasteiger partial charge in [0.15, 0.2) is 6.61 Å². The molecule has 1 aromatic heterocycles. The van der Waals surface area contributed by atoms with Crippen LogP contribution in [-0.2, 0) is 20.9 Å². The molecular weight excluding hydrogens is 386 g/mol. The molecule has 0 radical (unpaired) electrons. The zero-order valence-electron chi connectivity index (χ0n) is 16.6. The minimum Gasteiger partial charge on any atom is -0.497 e. The molecule has 3 aromatic rings. The second kappa shape index (κ2) is 10.0. The van der Waals surface area contributed by atoms with E-state index in [9.17, 15) is 9.59 Å². The molecule has 0 fully saturated rings. The Labute approximate surface area is 173 Å². The summed E-state index contributed by atoms with van der Waals surface area (Å²) in [7, 11) is 1.58. The molecule has 3 rings (SSSR count). The summed E-state index contributed by atoms with van der Waals surface area (Å²) < 4.78 is 15.7. The lowest BCUT2D eigenvalue weighted by Gasteiger charge is -2.11. The summed E-state index contributed by atoms with van der Waals surface area (Å²) in [6.07, 6.45) is 2.98. The van der Waals surface area contributed by atoms with E-state index in [4.69, 9.17) is 13.9 Å². The van der Waals surface area contributed by atoms with E-state index in [2.05, 4.69) is 15.5 Å². The molecule has 8 nitrogen and oxygen atoms in total. The normalized spacial score (nSPS) is 11.8. The van der Waals surface area contributed by atoms with E-state index < -0.39 is 17.9 Å². The first-order chi connectivity index (χ1) is 14.5. The molecule has 0 bridgehead atoms. The van der Waals surface area contributed by atoms with Crippen LogP contribution in [0.3, 0.4) is 0 Å². The number of amides is 1. The van der Waals surface area contributed by atoms with Gasteiger partial charge in [-0.15, -0.1) is 10.2 Å². The monoisotopic (exact) mass is 407 g/mol. The maximum atomic E-state index is 12.1. The van der Waals surface area contributed by atoms with Crippen LogP contribution in [0.5, 0.6) is 5.75 Å². The van der Waals surface area contributed by atoms with E-state index in [1.54, 1.807) is 25.3 Å². The van der Waals surface area contributed by atoms with Crippen LogP contribution in [0, 0.1) is 0 Å². The maximum absolute atomic E-state index is 12.1. The summed E-state index contributed by atoms with van der Waals surface area (Å²) in [5.41, 5.74) is 1.60. The molecule has 1 heterocycles. The summed E-state index contributed by atoms with van der Waals surface area (Å²) in [6.45, 7) is 1.35. The quantitative estimate of drug-likeness (QED) is 0.452. The van der Waals surface area contributed by atoms with E-state index >= 15 is 0 Å². The first kappa shape index (κ1) is 20.8. The van der Waals surface area contributed by atoms with Gasteiger partial charge in [-0.2, -0.15) is 0 Å². The first-order valence-electron chi connectivity index (χ1n) is 9.22. The number of hydrogen-bond donors (Lipinski definition) is 1. The van der Waals surface area contributed by atoms with Crippen molar-refractivity contribution >= 4 is 18.0 Å². The number of nitrogens with zero attached hydrogens (tertiary/aromatic N) is 2. The van der Waals surface area contributed by atoms with Crippen LogP contribution < -0.4 is 10.1 Å². The van der Waals surface area contributed by atoms with Crippen molar-refractivity contribution in [1.29, 1.82) is 0 Å². The highest BCUT2D eigenvalue weighted by Gasteiger charge is 2.17. The molecular formula is C22H21N3O5. The number of carbonyl (C=O) groups is 2. The Morgan fingerprint density at radius 1 is 1.10 bits per heavy atom. The van der Waals surface area contributed by atoms with Crippen molar-refractivity contribution in [2.75, 3.05) is 7.11 Å². The molecule has 30 heavy (non-hydrogen) atoms. The van der Waals surface area contributed by atoms with Crippen LogP contribution >= 0.6 is 0 Å². The Morgan fingerprint density at radius 2 is 1.83 bits per heavy atom. The number of hydrogen-bond acceptors (Lipinski definition) is 7. The number of methoxy groups -OCH3 is 1. The van der Waals surface area contributed by atoms with Crippen LogP contribution in [0.4, 0.5) is 0 Å². The minimum atomic E-state index is -0.838. The van der Waals surface area contributed by atoms with Gasteiger partial charge < -0.3 is 19.2 Å². The van der Waals surface area contributed by atoms with Gasteiger partial charge in [0.2, 0.25) is 11.8 Å². The Kier molecular flexibility index (Phi) is 6.94. The van der Waals surface area contributed by atoms with Gasteiger partial charge >= 0.3 is 5.97 Å². The lowest BCUT2D eigenvalue weighted by molar-refractivity contribution is -0.148. The van der Waals surface area contributed by atoms with Gasteiger partial charge in [0.25, 0.3) is 5.89 Å². The minimum absolute atomic E-state index is 0.167. The summed E-state index contributed by atoms with van der Waals surface area (Å²) in [5.74, 6) is 0.206. The van der Waals surface area contributed by atoms with Crippen molar-refractivity contribution in [3.8, 4) is 17.2 Å². The average Bonchev–Trinajstić information content (AvgIpc) is 3.26. The Balaban J connectivity index is 1.46. The van der Waals surface area contributed by atoms with Gasteiger partial charge in [0.05, 0.1) is 7.11 Å².